The standard InChI is InChI=1S/C14H17BrN4/c1-19(9-11-3-2-4-12(15)7-11)14(8-16)13-5-6-17-10-18-13/h2-7,10,14H,8-9,16H2,1H3. The average Bonchev–Trinajstić information content (AvgIpc) is 2.41. The molecule has 2 N–H and O–H groups in total. The molecule has 4 nitrogen and oxygen atoms in total. The van der Waals surface area contributed by atoms with Crippen molar-refractivity contribution in [2.45, 2.75) is 12.6 Å². The van der Waals surface area contributed by atoms with E-state index in [0.29, 0.717) is 6.54 Å². The predicted octanol–water partition coefficient (Wildman–Crippen LogP) is 2.37. The van der Waals surface area contributed by atoms with Gasteiger partial charge in [-0.2, -0.15) is 0 Å². The Bertz CT molecular complexity index is 518. The highest BCUT2D eigenvalue weighted by molar-refractivity contribution is 9.10. The largest absolute Gasteiger partial charge is 0.329 e. The average molecular weight is 321 g/mol. The lowest BCUT2D eigenvalue weighted by Gasteiger charge is -2.26. The molecule has 2 rings (SSSR count). The summed E-state index contributed by atoms with van der Waals surface area (Å²) in [6.45, 7) is 1.35. The Kier molecular flexibility index (Phi) is 5.01. The van der Waals surface area contributed by atoms with Crippen LogP contribution in [0.1, 0.15) is 17.3 Å². The predicted molar refractivity (Wildman–Crippen MR) is 79.4 cm³/mol. The molecule has 0 aliphatic heterocycles. The van der Waals surface area contributed by atoms with Crippen LogP contribution in [0.4, 0.5) is 0 Å². The molecule has 0 aliphatic carbocycles. The molecule has 0 saturated carbocycles. The van der Waals surface area contributed by atoms with Gasteiger partial charge in [0.1, 0.15) is 6.33 Å². The van der Waals surface area contributed by atoms with Crippen LogP contribution in [0.5, 0.6) is 0 Å². The van der Waals surface area contributed by atoms with E-state index in [2.05, 4.69) is 50.0 Å². The summed E-state index contributed by atoms with van der Waals surface area (Å²) in [5, 5.41) is 0. The molecular weight excluding hydrogens is 304 g/mol. The molecule has 1 aromatic heterocycles. The fourth-order valence-electron chi connectivity index (χ4n) is 2.06. The second-order valence-electron chi connectivity index (χ2n) is 4.43. The zero-order valence-electron chi connectivity index (χ0n) is 10.8. The summed E-state index contributed by atoms with van der Waals surface area (Å²) in [5.41, 5.74) is 8.07. The van der Waals surface area contributed by atoms with Crippen molar-refractivity contribution in [3.8, 4) is 0 Å². The molecule has 0 amide bonds. The minimum absolute atomic E-state index is 0.0991. The van der Waals surface area contributed by atoms with Gasteiger partial charge in [0.05, 0.1) is 11.7 Å². The van der Waals surface area contributed by atoms with Gasteiger partial charge in [-0.1, -0.05) is 28.1 Å². The summed E-state index contributed by atoms with van der Waals surface area (Å²) in [7, 11) is 2.06. The summed E-state index contributed by atoms with van der Waals surface area (Å²) in [6.07, 6.45) is 3.31. The van der Waals surface area contributed by atoms with Crippen molar-refractivity contribution in [2.24, 2.45) is 5.73 Å². The Morgan fingerprint density at radius 2 is 2.21 bits per heavy atom. The second kappa shape index (κ2) is 6.75. The number of halogens is 1. The van der Waals surface area contributed by atoms with E-state index < -0.39 is 0 Å². The van der Waals surface area contributed by atoms with Gasteiger partial charge in [0, 0.05) is 23.8 Å². The maximum Gasteiger partial charge on any atom is 0.115 e. The first kappa shape index (κ1) is 14.1. The van der Waals surface area contributed by atoms with E-state index in [0.717, 1.165) is 16.7 Å². The van der Waals surface area contributed by atoms with Crippen LogP contribution in [-0.4, -0.2) is 28.5 Å². The number of hydrogen-bond donors (Lipinski definition) is 1. The molecule has 1 atom stereocenters. The molecule has 0 fully saturated rings. The van der Waals surface area contributed by atoms with Gasteiger partial charge in [-0.3, -0.25) is 4.90 Å². The molecule has 19 heavy (non-hydrogen) atoms. The molecule has 5 heteroatoms. The van der Waals surface area contributed by atoms with Gasteiger partial charge in [-0.25, -0.2) is 9.97 Å². The lowest BCUT2D eigenvalue weighted by Crippen LogP contribution is -2.30. The highest BCUT2D eigenvalue weighted by Gasteiger charge is 2.16. The Hall–Kier alpha value is -1.30. The van der Waals surface area contributed by atoms with Crippen LogP contribution in [0.15, 0.2) is 47.3 Å². The molecule has 1 heterocycles. The van der Waals surface area contributed by atoms with Gasteiger partial charge in [0.2, 0.25) is 0 Å². The zero-order chi connectivity index (χ0) is 13.7. The number of rotatable bonds is 5. The van der Waals surface area contributed by atoms with Gasteiger partial charge in [-0.15, -0.1) is 0 Å². The van der Waals surface area contributed by atoms with Crippen molar-refractivity contribution in [3.63, 3.8) is 0 Å². The summed E-state index contributed by atoms with van der Waals surface area (Å²) in [5.74, 6) is 0. The number of nitrogens with zero attached hydrogens (tertiary/aromatic N) is 3. The summed E-state index contributed by atoms with van der Waals surface area (Å²) >= 11 is 3.49. The van der Waals surface area contributed by atoms with Crippen LogP contribution in [0.2, 0.25) is 0 Å². The normalized spacial score (nSPS) is 12.6. The van der Waals surface area contributed by atoms with Crippen molar-refractivity contribution in [2.75, 3.05) is 13.6 Å². The molecule has 2 aromatic rings. The van der Waals surface area contributed by atoms with E-state index in [9.17, 15) is 0 Å². The third-order valence-corrected chi connectivity index (χ3v) is 3.52. The van der Waals surface area contributed by atoms with Crippen LogP contribution >= 0.6 is 15.9 Å². The van der Waals surface area contributed by atoms with Crippen LogP contribution in [0.3, 0.4) is 0 Å². The second-order valence-corrected chi connectivity index (χ2v) is 5.35. The molecule has 0 saturated heterocycles. The maximum atomic E-state index is 5.88. The van der Waals surface area contributed by atoms with E-state index >= 15 is 0 Å². The van der Waals surface area contributed by atoms with E-state index in [1.165, 1.54) is 5.56 Å². The molecular formula is C14H17BrN4. The Morgan fingerprint density at radius 3 is 2.84 bits per heavy atom. The van der Waals surface area contributed by atoms with Gasteiger partial charge >= 0.3 is 0 Å². The highest BCUT2D eigenvalue weighted by Crippen LogP contribution is 2.19. The van der Waals surface area contributed by atoms with Crippen molar-refractivity contribution in [3.05, 3.63) is 58.6 Å². The van der Waals surface area contributed by atoms with Gasteiger partial charge in [-0.05, 0) is 30.8 Å². The van der Waals surface area contributed by atoms with Gasteiger partial charge in [0.15, 0.2) is 0 Å². The summed E-state index contributed by atoms with van der Waals surface area (Å²) in [4.78, 5) is 10.4. The third-order valence-electron chi connectivity index (χ3n) is 3.02. The zero-order valence-corrected chi connectivity index (χ0v) is 12.4. The first-order valence-electron chi connectivity index (χ1n) is 6.11. The topological polar surface area (TPSA) is 55.0 Å². The van der Waals surface area contributed by atoms with Crippen LogP contribution in [-0.2, 0) is 6.54 Å². The van der Waals surface area contributed by atoms with Crippen molar-refractivity contribution in [1.29, 1.82) is 0 Å². The fourth-order valence-corrected chi connectivity index (χ4v) is 2.50. The minimum atomic E-state index is 0.0991. The Morgan fingerprint density at radius 1 is 1.37 bits per heavy atom. The third kappa shape index (κ3) is 3.83. The molecule has 0 spiro atoms. The number of likely N-dealkylation sites (N-methyl/N-ethyl adjacent to an activating group) is 1. The highest BCUT2D eigenvalue weighted by atomic mass is 79.9. The molecule has 0 radical (unpaired) electrons. The molecule has 0 bridgehead atoms. The van der Waals surface area contributed by atoms with E-state index in [1.54, 1.807) is 12.5 Å². The van der Waals surface area contributed by atoms with Crippen LogP contribution in [0.25, 0.3) is 0 Å². The monoisotopic (exact) mass is 320 g/mol. The lowest BCUT2D eigenvalue weighted by molar-refractivity contribution is 0.237. The number of aromatic nitrogens is 2. The molecule has 1 aromatic carbocycles. The quantitative estimate of drug-likeness (QED) is 0.919. The smallest absolute Gasteiger partial charge is 0.115 e. The van der Waals surface area contributed by atoms with Gasteiger partial charge in [0.25, 0.3) is 0 Å². The first-order chi connectivity index (χ1) is 9.20. The molecule has 100 valence electrons. The van der Waals surface area contributed by atoms with E-state index in [-0.39, 0.29) is 6.04 Å². The first-order valence-corrected chi connectivity index (χ1v) is 6.90. The van der Waals surface area contributed by atoms with Gasteiger partial charge < -0.3 is 5.73 Å². The number of hydrogen-bond acceptors (Lipinski definition) is 4. The SMILES string of the molecule is CN(Cc1cccc(Br)c1)C(CN)c1ccncn1. The van der Waals surface area contributed by atoms with Crippen LogP contribution < -0.4 is 5.73 Å². The summed E-state index contributed by atoms with van der Waals surface area (Å²) < 4.78 is 1.09. The van der Waals surface area contributed by atoms with E-state index in [4.69, 9.17) is 5.73 Å². The van der Waals surface area contributed by atoms with Crippen molar-refractivity contribution in [1.82, 2.24) is 14.9 Å². The number of benzene rings is 1. The Labute approximate surface area is 121 Å². The minimum Gasteiger partial charge on any atom is -0.329 e. The molecule has 0 aliphatic rings. The van der Waals surface area contributed by atoms with Crippen LogP contribution in [0, 0.1) is 0 Å². The molecule has 1 unspecified atom stereocenters. The Balaban J connectivity index is 2.11. The summed E-state index contributed by atoms with van der Waals surface area (Å²) in [6, 6.07) is 10.3. The van der Waals surface area contributed by atoms with Crippen molar-refractivity contribution >= 4 is 15.9 Å². The van der Waals surface area contributed by atoms with Crippen molar-refractivity contribution < 1.29 is 0 Å². The van der Waals surface area contributed by atoms with E-state index in [1.807, 2.05) is 18.2 Å². The number of nitrogens with two attached hydrogens (primary N) is 1. The lowest BCUT2D eigenvalue weighted by atomic mass is 10.1. The fraction of sp³-hybridized carbons (Fsp3) is 0.286. The maximum absolute atomic E-state index is 5.88.